The Hall–Kier alpha value is -0.870. The quantitative estimate of drug-likeness (QED) is 0.733. The third-order valence-corrected chi connectivity index (χ3v) is 3.05. The van der Waals surface area contributed by atoms with Crippen LogP contribution in [0.5, 0.6) is 0 Å². The van der Waals surface area contributed by atoms with E-state index in [0.717, 1.165) is 32.7 Å². The molecule has 1 aliphatic heterocycles. The molecule has 1 aromatic rings. The highest BCUT2D eigenvalue weighted by Crippen LogP contribution is 2.14. The average Bonchev–Trinajstić information content (AvgIpc) is 2.91. The van der Waals surface area contributed by atoms with Gasteiger partial charge in [-0.1, -0.05) is 0 Å². The molecule has 4 nitrogen and oxygen atoms in total. The van der Waals surface area contributed by atoms with Crippen LogP contribution in [0.4, 0.5) is 0 Å². The first-order valence-corrected chi connectivity index (χ1v) is 6.12. The lowest BCUT2D eigenvalue weighted by Crippen LogP contribution is -2.10. The first kappa shape index (κ1) is 11.6. The maximum Gasteiger partial charge on any atom is 0.0521 e. The Kier molecular flexibility index (Phi) is 4.36. The second-order valence-electron chi connectivity index (χ2n) is 4.51. The topological polar surface area (TPSA) is 39.1 Å². The minimum atomic E-state index is 0.657. The summed E-state index contributed by atoms with van der Waals surface area (Å²) in [6.45, 7) is 3.89. The zero-order valence-corrected chi connectivity index (χ0v) is 9.98. The van der Waals surface area contributed by atoms with E-state index in [9.17, 15) is 0 Å². The Bertz CT molecular complexity index is 305. The van der Waals surface area contributed by atoms with E-state index < -0.39 is 0 Å². The highest BCUT2D eigenvalue weighted by molar-refractivity contribution is 5.03. The molecule has 0 aliphatic carbocycles. The molecule has 1 N–H and O–H groups in total. The van der Waals surface area contributed by atoms with Crippen molar-refractivity contribution in [1.29, 1.82) is 0 Å². The smallest absolute Gasteiger partial charge is 0.0521 e. The predicted molar refractivity (Wildman–Crippen MR) is 63.4 cm³/mol. The molecule has 2 heterocycles. The van der Waals surface area contributed by atoms with Crippen LogP contribution in [0.25, 0.3) is 0 Å². The number of nitrogens with zero attached hydrogens (tertiary/aromatic N) is 2. The van der Waals surface area contributed by atoms with Gasteiger partial charge in [-0.05, 0) is 38.4 Å². The minimum Gasteiger partial charge on any atom is -0.381 e. The van der Waals surface area contributed by atoms with E-state index in [2.05, 4.69) is 21.3 Å². The van der Waals surface area contributed by atoms with Crippen LogP contribution >= 0.6 is 0 Å². The Morgan fingerprint density at radius 3 is 3.31 bits per heavy atom. The van der Waals surface area contributed by atoms with E-state index >= 15 is 0 Å². The van der Waals surface area contributed by atoms with E-state index in [1.54, 1.807) is 0 Å². The van der Waals surface area contributed by atoms with Gasteiger partial charge in [0, 0.05) is 25.3 Å². The summed E-state index contributed by atoms with van der Waals surface area (Å²) in [5, 5.41) is 7.56. The van der Waals surface area contributed by atoms with E-state index in [0.29, 0.717) is 5.92 Å². The zero-order chi connectivity index (χ0) is 11.2. The Labute approximate surface area is 97.0 Å². The fourth-order valence-electron chi connectivity index (χ4n) is 2.10. The monoisotopic (exact) mass is 223 g/mol. The molecule has 0 aromatic carbocycles. The number of rotatable bonds is 6. The summed E-state index contributed by atoms with van der Waals surface area (Å²) in [5.41, 5.74) is 1.34. The van der Waals surface area contributed by atoms with Gasteiger partial charge in [0.05, 0.1) is 12.8 Å². The second kappa shape index (κ2) is 6.01. The standard InChI is InChI=1S/C12H21N3O/c1-13-5-2-3-11-7-14-15(8-11)9-12-4-6-16-10-12/h7-8,12-13H,2-6,9-10H2,1H3. The first-order valence-electron chi connectivity index (χ1n) is 6.12. The molecule has 16 heavy (non-hydrogen) atoms. The molecule has 1 unspecified atom stereocenters. The number of hydrogen-bond donors (Lipinski definition) is 1. The molecule has 0 spiro atoms. The van der Waals surface area contributed by atoms with Gasteiger partial charge in [0.1, 0.15) is 0 Å². The van der Waals surface area contributed by atoms with Crippen molar-refractivity contribution in [2.75, 3.05) is 26.8 Å². The molecule has 0 bridgehead atoms. The molecule has 4 heteroatoms. The fraction of sp³-hybridized carbons (Fsp3) is 0.750. The van der Waals surface area contributed by atoms with Crippen molar-refractivity contribution in [1.82, 2.24) is 15.1 Å². The van der Waals surface area contributed by atoms with Crippen LogP contribution in [0, 0.1) is 5.92 Å². The molecule has 0 amide bonds. The molecular weight excluding hydrogens is 202 g/mol. The molecule has 90 valence electrons. The zero-order valence-electron chi connectivity index (χ0n) is 9.98. The normalized spacial score (nSPS) is 20.4. The molecule has 0 radical (unpaired) electrons. The van der Waals surface area contributed by atoms with E-state index in [-0.39, 0.29) is 0 Å². The molecule has 2 rings (SSSR count). The summed E-state index contributed by atoms with van der Waals surface area (Å²) in [7, 11) is 1.99. The van der Waals surface area contributed by atoms with Crippen LogP contribution in [-0.2, 0) is 17.7 Å². The maximum absolute atomic E-state index is 5.37. The summed E-state index contributed by atoms with van der Waals surface area (Å²) in [4.78, 5) is 0. The van der Waals surface area contributed by atoms with Gasteiger partial charge in [-0.25, -0.2) is 0 Å². The summed E-state index contributed by atoms with van der Waals surface area (Å²) in [5.74, 6) is 0.657. The van der Waals surface area contributed by atoms with Crippen molar-refractivity contribution in [3.63, 3.8) is 0 Å². The SMILES string of the molecule is CNCCCc1cnn(CC2CCOC2)c1. The number of ether oxygens (including phenoxy) is 1. The summed E-state index contributed by atoms with van der Waals surface area (Å²) in [6.07, 6.45) is 7.63. The van der Waals surface area contributed by atoms with Gasteiger partial charge in [0.2, 0.25) is 0 Å². The largest absolute Gasteiger partial charge is 0.381 e. The number of hydrogen-bond acceptors (Lipinski definition) is 3. The van der Waals surface area contributed by atoms with E-state index in [1.807, 2.05) is 13.2 Å². The van der Waals surface area contributed by atoms with Gasteiger partial charge < -0.3 is 10.1 Å². The minimum absolute atomic E-state index is 0.657. The lowest BCUT2D eigenvalue weighted by atomic mass is 10.1. The molecule has 1 fully saturated rings. The fourth-order valence-corrected chi connectivity index (χ4v) is 2.10. The third kappa shape index (κ3) is 3.32. The highest BCUT2D eigenvalue weighted by atomic mass is 16.5. The molecule has 1 aromatic heterocycles. The number of aromatic nitrogens is 2. The van der Waals surface area contributed by atoms with Crippen molar-refractivity contribution < 1.29 is 4.74 Å². The number of aryl methyl sites for hydroxylation is 1. The van der Waals surface area contributed by atoms with Crippen LogP contribution in [0.1, 0.15) is 18.4 Å². The predicted octanol–water partition coefficient (Wildman–Crippen LogP) is 1.07. The van der Waals surface area contributed by atoms with Gasteiger partial charge in [-0.2, -0.15) is 5.10 Å². The van der Waals surface area contributed by atoms with Gasteiger partial charge in [-0.3, -0.25) is 4.68 Å². The molecule has 1 atom stereocenters. The Morgan fingerprint density at radius 2 is 2.56 bits per heavy atom. The van der Waals surface area contributed by atoms with Crippen LogP contribution in [0.2, 0.25) is 0 Å². The first-order chi connectivity index (χ1) is 7.88. The average molecular weight is 223 g/mol. The summed E-state index contributed by atoms with van der Waals surface area (Å²) in [6, 6.07) is 0. The van der Waals surface area contributed by atoms with Crippen LogP contribution < -0.4 is 5.32 Å². The van der Waals surface area contributed by atoms with Crippen molar-refractivity contribution in [2.24, 2.45) is 5.92 Å². The summed E-state index contributed by atoms with van der Waals surface area (Å²) < 4.78 is 7.43. The molecule has 0 saturated carbocycles. The summed E-state index contributed by atoms with van der Waals surface area (Å²) >= 11 is 0. The Morgan fingerprint density at radius 1 is 1.62 bits per heavy atom. The van der Waals surface area contributed by atoms with E-state index in [1.165, 1.54) is 18.4 Å². The van der Waals surface area contributed by atoms with Gasteiger partial charge in [0.15, 0.2) is 0 Å². The van der Waals surface area contributed by atoms with Crippen molar-refractivity contribution >= 4 is 0 Å². The van der Waals surface area contributed by atoms with Crippen molar-refractivity contribution in [2.45, 2.75) is 25.8 Å². The third-order valence-electron chi connectivity index (χ3n) is 3.05. The lowest BCUT2D eigenvalue weighted by molar-refractivity contribution is 0.181. The second-order valence-corrected chi connectivity index (χ2v) is 4.51. The molecule has 1 aliphatic rings. The molecular formula is C12H21N3O. The van der Waals surface area contributed by atoms with Gasteiger partial charge in [-0.15, -0.1) is 0 Å². The van der Waals surface area contributed by atoms with Crippen LogP contribution in [-0.4, -0.2) is 36.6 Å². The maximum atomic E-state index is 5.37. The van der Waals surface area contributed by atoms with Crippen LogP contribution in [0.3, 0.4) is 0 Å². The van der Waals surface area contributed by atoms with Gasteiger partial charge >= 0.3 is 0 Å². The lowest BCUT2D eigenvalue weighted by Gasteiger charge is -2.06. The van der Waals surface area contributed by atoms with Crippen LogP contribution in [0.15, 0.2) is 12.4 Å². The highest BCUT2D eigenvalue weighted by Gasteiger charge is 2.16. The van der Waals surface area contributed by atoms with Gasteiger partial charge in [0.25, 0.3) is 0 Å². The van der Waals surface area contributed by atoms with Crippen molar-refractivity contribution in [3.8, 4) is 0 Å². The Balaban J connectivity index is 1.77. The van der Waals surface area contributed by atoms with E-state index in [4.69, 9.17) is 4.74 Å². The van der Waals surface area contributed by atoms with Crippen molar-refractivity contribution in [3.05, 3.63) is 18.0 Å². The number of nitrogens with one attached hydrogen (secondary N) is 1. The molecule has 1 saturated heterocycles.